The van der Waals surface area contributed by atoms with Gasteiger partial charge in [-0.05, 0) is 36.5 Å². The van der Waals surface area contributed by atoms with Gasteiger partial charge in [-0.2, -0.15) is 0 Å². The van der Waals surface area contributed by atoms with Crippen molar-refractivity contribution in [3.63, 3.8) is 0 Å². The van der Waals surface area contributed by atoms with Crippen LogP contribution >= 0.6 is 0 Å². The number of carboxylic acids is 1. The number of ether oxygens (including phenoxy) is 1. The molecule has 11 nitrogen and oxygen atoms in total. The zero-order valence-corrected chi connectivity index (χ0v) is 18.9. The molecule has 0 bridgehead atoms. The first kappa shape index (κ1) is 23.7. The zero-order chi connectivity index (χ0) is 24.2. The van der Waals surface area contributed by atoms with Gasteiger partial charge in [0.1, 0.15) is 12.0 Å². The third-order valence-corrected chi connectivity index (χ3v) is 6.23. The van der Waals surface area contributed by atoms with Crippen molar-refractivity contribution in [1.29, 1.82) is 0 Å². The van der Waals surface area contributed by atoms with Gasteiger partial charge in [-0.1, -0.05) is 12.1 Å². The Balaban J connectivity index is 1.40. The summed E-state index contributed by atoms with van der Waals surface area (Å²) < 4.78 is 5.06. The molecule has 2 amide bonds. The van der Waals surface area contributed by atoms with Crippen LogP contribution in [-0.4, -0.2) is 80.1 Å². The van der Waals surface area contributed by atoms with Crippen molar-refractivity contribution in [2.45, 2.75) is 44.1 Å². The maximum Gasteiger partial charge on any atom is 0.320 e. The largest absolute Gasteiger partial charge is 0.481 e. The minimum Gasteiger partial charge on any atom is -0.481 e. The lowest BCUT2D eigenvalue weighted by atomic mass is 10.0. The van der Waals surface area contributed by atoms with E-state index < -0.39 is 24.3 Å². The lowest BCUT2D eigenvalue weighted by Crippen LogP contribution is -2.36. The number of anilines is 1. The third kappa shape index (κ3) is 5.20. The van der Waals surface area contributed by atoms with E-state index in [1.807, 2.05) is 6.07 Å². The Bertz CT molecular complexity index is 1030. The number of aryl methyl sites for hydroxylation is 1. The number of aliphatic hydroxyl groups is 2. The second-order valence-corrected chi connectivity index (χ2v) is 8.46. The van der Waals surface area contributed by atoms with E-state index in [1.54, 1.807) is 23.1 Å². The number of hydrogen-bond acceptors (Lipinski definition) is 8. The standard InChI is InChI=1S/C23H29N5O6/c1-34-20-7-4-15(13-24-20)17(12-21(31)32)28-11-10-27(23(28)33)9-8-18(29)16-5-2-14-3-6-19(30)26-22(14)25-16/h2,4-5,7,13,17-19,29-30H,3,6,8-12H2,1H3,(H,25,26)(H,31,32). The molecular weight excluding hydrogens is 442 g/mol. The summed E-state index contributed by atoms with van der Waals surface area (Å²) in [6.07, 6.45) is 1.36. The van der Waals surface area contributed by atoms with Crippen molar-refractivity contribution in [1.82, 2.24) is 19.8 Å². The number of nitrogens with zero attached hydrogens (tertiary/aromatic N) is 4. The van der Waals surface area contributed by atoms with Crippen molar-refractivity contribution in [2.24, 2.45) is 0 Å². The maximum absolute atomic E-state index is 13.1. The number of aliphatic hydroxyl groups excluding tert-OH is 2. The fourth-order valence-corrected chi connectivity index (χ4v) is 4.34. The van der Waals surface area contributed by atoms with Crippen molar-refractivity contribution >= 4 is 17.8 Å². The van der Waals surface area contributed by atoms with Gasteiger partial charge in [0.25, 0.3) is 0 Å². The van der Waals surface area contributed by atoms with Crippen LogP contribution in [0.25, 0.3) is 0 Å². The van der Waals surface area contributed by atoms with Crippen molar-refractivity contribution < 1.29 is 29.6 Å². The van der Waals surface area contributed by atoms with Crippen LogP contribution in [0.5, 0.6) is 5.88 Å². The predicted octanol–water partition coefficient (Wildman–Crippen LogP) is 1.54. The molecule has 2 aromatic rings. The molecule has 182 valence electrons. The molecule has 0 radical (unpaired) electrons. The van der Waals surface area contributed by atoms with E-state index in [4.69, 9.17) is 4.74 Å². The van der Waals surface area contributed by atoms with Crippen molar-refractivity contribution in [2.75, 3.05) is 32.1 Å². The number of aromatic nitrogens is 2. The number of nitrogens with one attached hydrogen (secondary N) is 1. The first-order valence-corrected chi connectivity index (χ1v) is 11.3. The fraction of sp³-hybridized carbons (Fsp3) is 0.478. The van der Waals surface area contributed by atoms with Crippen LogP contribution in [0.15, 0.2) is 30.5 Å². The Morgan fingerprint density at radius 2 is 2.12 bits per heavy atom. The molecule has 0 saturated carbocycles. The molecule has 0 aromatic carbocycles. The molecule has 1 saturated heterocycles. The SMILES string of the molecule is COc1ccc(C(CC(=O)O)N2CCN(CCC(O)c3ccc4c(n3)NC(O)CC4)C2=O)cn1. The van der Waals surface area contributed by atoms with Crippen LogP contribution in [0.4, 0.5) is 10.6 Å². The quantitative estimate of drug-likeness (QED) is 0.427. The van der Waals surface area contributed by atoms with Crippen LogP contribution in [0, 0.1) is 0 Å². The molecule has 2 aliphatic heterocycles. The van der Waals surface area contributed by atoms with Crippen LogP contribution < -0.4 is 10.1 Å². The van der Waals surface area contributed by atoms with E-state index in [0.29, 0.717) is 55.4 Å². The minimum atomic E-state index is -1.01. The summed E-state index contributed by atoms with van der Waals surface area (Å²) in [5.74, 6) is -0.0373. The van der Waals surface area contributed by atoms with Gasteiger partial charge >= 0.3 is 12.0 Å². The molecule has 0 aliphatic carbocycles. The number of hydrogen-bond donors (Lipinski definition) is 4. The molecule has 0 spiro atoms. The Morgan fingerprint density at radius 1 is 1.29 bits per heavy atom. The Morgan fingerprint density at radius 3 is 2.82 bits per heavy atom. The second kappa shape index (κ2) is 10.2. The summed E-state index contributed by atoms with van der Waals surface area (Å²) in [6.45, 7) is 1.10. The summed E-state index contributed by atoms with van der Waals surface area (Å²) in [5, 5.41) is 32.8. The first-order valence-electron chi connectivity index (χ1n) is 11.3. The Kier molecular flexibility index (Phi) is 7.13. The van der Waals surface area contributed by atoms with Crippen LogP contribution in [0.1, 0.15) is 48.2 Å². The van der Waals surface area contributed by atoms with Gasteiger partial charge in [0.2, 0.25) is 5.88 Å². The number of aliphatic carboxylic acids is 1. The monoisotopic (exact) mass is 471 g/mol. The van der Waals surface area contributed by atoms with Gasteiger partial charge in [0.15, 0.2) is 0 Å². The predicted molar refractivity (Wildman–Crippen MR) is 121 cm³/mol. The summed E-state index contributed by atoms with van der Waals surface area (Å²) in [6, 6.07) is 6.07. The van der Waals surface area contributed by atoms with Crippen LogP contribution in [0.2, 0.25) is 0 Å². The smallest absolute Gasteiger partial charge is 0.320 e. The molecule has 2 aliphatic rings. The Labute approximate surface area is 197 Å². The van der Waals surface area contributed by atoms with Crippen LogP contribution in [0.3, 0.4) is 0 Å². The van der Waals surface area contributed by atoms with Gasteiger partial charge in [-0.3, -0.25) is 4.79 Å². The molecule has 2 aromatic heterocycles. The number of methoxy groups -OCH3 is 1. The van der Waals surface area contributed by atoms with E-state index in [1.165, 1.54) is 18.2 Å². The van der Waals surface area contributed by atoms with Gasteiger partial charge in [0.05, 0.1) is 31.4 Å². The number of fused-ring (bicyclic) bond motifs is 1. The van der Waals surface area contributed by atoms with E-state index in [-0.39, 0.29) is 18.9 Å². The topological polar surface area (TPSA) is 148 Å². The number of carbonyl (C=O) groups excluding carboxylic acids is 1. The highest BCUT2D eigenvalue weighted by molar-refractivity contribution is 5.78. The number of pyridine rings is 2. The number of carbonyl (C=O) groups is 2. The van der Waals surface area contributed by atoms with Gasteiger partial charge in [-0.15, -0.1) is 0 Å². The fourth-order valence-electron chi connectivity index (χ4n) is 4.34. The molecule has 4 N–H and O–H groups in total. The third-order valence-electron chi connectivity index (χ3n) is 6.23. The minimum absolute atomic E-state index is 0.242. The number of carboxylic acid groups (broad SMARTS) is 1. The van der Waals surface area contributed by atoms with Crippen LogP contribution in [-0.2, 0) is 11.2 Å². The second-order valence-electron chi connectivity index (χ2n) is 8.46. The normalized spacial score (nSPS) is 19.4. The average molecular weight is 472 g/mol. The molecule has 34 heavy (non-hydrogen) atoms. The summed E-state index contributed by atoms with van der Waals surface area (Å²) in [7, 11) is 1.49. The van der Waals surface area contributed by atoms with E-state index >= 15 is 0 Å². The maximum atomic E-state index is 13.1. The molecule has 4 heterocycles. The summed E-state index contributed by atoms with van der Waals surface area (Å²) in [5.41, 5.74) is 2.08. The van der Waals surface area contributed by atoms with E-state index in [0.717, 1.165) is 5.56 Å². The lowest BCUT2D eigenvalue weighted by molar-refractivity contribution is -0.138. The highest BCUT2D eigenvalue weighted by Gasteiger charge is 2.36. The highest BCUT2D eigenvalue weighted by atomic mass is 16.5. The molecule has 1 fully saturated rings. The number of urea groups is 1. The molecule has 11 heteroatoms. The molecule has 3 unspecified atom stereocenters. The van der Waals surface area contributed by atoms with E-state index in [9.17, 15) is 24.9 Å². The highest BCUT2D eigenvalue weighted by Crippen LogP contribution is 2.30. The number of amides is 2. The number of rotatable bonds is 9. The van der Waals surface area contributed by atoms with Crippen molar-refractivity contribution in [3.8, 4) is 5.88 Å². The average Bonchev–Trinajstić information content (AvgIpc) is 3.20. The zero-order valence-electron chi connectivity index (χ0n) is 18.9. The van der Waals surface area contributed by atoms with E-state index in [2.05, 4.69) is 15.3 Å². The summed E-state index contributed by atoms with van der Waals surface area (Å²) in [4.78, 5) is 36.3. The molecule has 3 atom stereocenters. The first-order chi connectivity index (χ1) is 16.4. The van der Waals surface area contributed by atoms with Gasteiger partial charge < -0.3 is 35.2 Å². The molecule has 4 rings (SSSR count). The Hall–Kier alpha value is -3.44. The summed E-state index contributed by atoms with van der Waals surface area (Å²) >= 11 is 0. The van der Waals surface area contributed by atoms with Gasteiger partial charge in [-0.25, -0.2) is 14.8 Å². The lowest BCUT2D eigenvalue weighted by Gasteiger charge is -2.27. The molecular formula is C23H29N5O6. The van der Waals surface area contributed by atoms with Gasteiger partial charge in [0, 0.05) is 31.9 Å². The van der Waals surface area contributed by atoms with Crippen molar-refractivity contribution in [3.05, 3.63) is 47.3 Å².